The number of aromatic nitrogens is 2. The van der Waals surface area contributed by atoms with Crippen molar-refractivity contribution in [1.29, 1.82) is 0 Å². The number of likely N-dealkylation sites (N-methyl/N-ethyl adjacent to an activating group) is 1. The average molecular weight is 409 g/mol. The molecule has 1 atom stereocenters. The second-order valence-electron chi connectivity index (χ2n) is 6.95. The number of ether oxygens (including phenoxy) is 2. The Morgan fingerprint density at radius 1 is 1.10 bits per heavy atom. The molecular weight excluding hydrogens is 382 g/mol. The van der Waals surface area contributed by atoms with Crippen LogP contribution in [0.2, 0.25) is 0 Å². The number of hydrogen-bond acceptors (Lipinski definition) is 6. The molecule has 1 amide bonds. The van der Waals surface area contributed by atoms with Gasteiger partial charge in [0, 0.05) is 20.0 Å². The zero-order chi connectivity index (χ0) is 21.3. The molecule has 158 valence electrons. The Morgan fingerprint density at radius 3 is 2.47 bits per heavy atom. The summed E-state index contributed by atoms with van der Waals surface area (Å²) in [4.78, 5) is 18.9. The van der Waals surface area contributed by atoms with Gasteiger partial charge >= 0.3 is 0 Å². The normalized spacial score (nSPS) is 11.7. The van der Waals surface area contributed by atoms with Gasteiger partial charge < -0.3 is 18.9 Å². The van der Waals surface area contributed by atoms with Crippen LogP contribution in [0.4, 0.5) is 0 Å². The molecule has 0 bridgehead atoms. The molecule has 0 saturated heterocycles. The van der Waals surface area contributed by atoms with E-state index in [0.29, 0.717) is 30.4 Å². The second-order valence-corrected chi connectivity index (χ2v) is 6.95. The molecule has 0 spiro atoms. The fourth-order valence-electron chi connectivity index (χ4n) is 3.15. The lowest BCUT2D eigenvalue weighted by atomic mass is 9.95. The fraction of sp³-hybridized carbons (Fsp3) is 0.348. The van der Waals surface area contributed by atoms with Crippen molar-refractivity contribution < 1.29 is 18.8 Å². The Balaban J connectivity index is 1.49. The van der Waals surface area contributed by atoms with Crippen LogP contribution in [0, 0.1) is 0 Å². The van der Waals surface area contributed by atoms with Crippen LogP contribution in [-0.4, -0.2) is 41.6 Å². The molecule has 0 fully saturated rings. The predicted octanol–water partition coefficient (Wildman–Crippen LogP) is 3.85. The fourth-order valence-corrected chi connectivity index (χ4v) is 3.15. The zero-order valence-corrected chi connectivity index (χ0v) is 17.6. The molecule has 0 aliphatic carbocycles. The summed E-state index contributed by atoms with van der Waals surface area (Å²) >= 11 is 0. The van der Waals surface area contributed by atoms with Crippen LogP contribution in [-0.2, 0) is 17.8 Å². The van der Waals surface area contributed by atoms with Crippen LogP contribution in [0.5, 0.6) is 11.5 Å². The molecule has 0 saturated carbocycles. The quantitative estimate of drug-likeness (QED) is 0.506. The Morgan fingerprint density at radius 2 is 1.80 bits per heavy atom. The summed E-state index contributed by atoms with van der Waals surface area (Å²) in [6.45, 7) is 2.72. The van der Waals surface area contributed by atoms with Crippen LogP contribution in [0.15, 0.2) is 59.1 Å². The molecular formula is C23H27N3O4. The number of benzene rings is 2. The molecule has 7 heteroatoms. The molecule has 0 aliphatic rings. The third kappa shape index (κ3) is 5.59. The zero-order valence-electron chi connectivity index (χ0n) is 17.6. The van der Waals surface area contributed by atoms with Gasteiger partial charge in [-0.3, -0.25) is 4.79 Å². The number of hydrogen-bond donors (Lipinski definition) is 0. The van der Waals surface area contributed by atoms with E-state index in [0.717, 1.165) is 17.7 Å². The van der Waals surface area contributed by atoms with E-state index in [1.165, 1.54) is 0 Å². The van der Waals surface area contributed by atoms with E-state index in [1.54, 1.807) is 12.0 Å². The maximum absolute atomic E-state index is 12.8. The van der Waals surface area contributed by atoms with E-state index in [4.69, 9.17) is 14.0 Å². The van der Waals surface area contributed by atoms with Gasteiger partial charge in [0.2, 0.25) is 5.91 Å². The lowest BCUT2D eigenvalue weighted by Crippen LogP contribution is -2.33. The molecule has 0 N–H and O–H groups in total. The lowest BCUT2D eigenvalue weighted by Gasteiger charge is -2.23. The first kappa shape index (κ1) is 21.4. The van der Waals surface area contributed by atoms with E-state index < -0.39 is 0 Å². The minimum atomic E-state index is -0.144. The Bertz CT molecular complexity index is 925. The summed E-state index contributed by atoms with van der Waals surface area (Å²) < 4.78 is 16.0. The number of rotatable bonds is 10. The van der Waals surface area contributed by atoms with Crippen molar-refractivity contribution in [1.82, 2.24) is 15.0 Å². The smallest absolute Gasteiger partial charge is 0.264 e. The molecule has 30 heavy (non-hydrogen) atoms. The monoisotopic (exact) mass is 409 g/mol. The van der Waals surface area contributed by atoms with E-state index in [2.05, 4.69) is 10.1 Å². The summed E-state index contributed by atoms with van der Waals surface area (Å²) in [5, 5.41) is 3.99. The summed E-state index contributed by atoms with van der Waals surface area (Å²) in [6, 6.07) is 17.1. The van der Waals surface area contributed by atoms with Gasteiger partial charge in [-0.25, -0.2) is 0 Å². The minimum absolute atomic E-state index is 0.0928. The number of carbonyl (C=O) groups is 1. The van der Waals surface area contributed by atoms with Gasteiger partial charge in [-0.05, 0) is 36.2 Å². The number of amides is 1. The molecule has 3 aromatic rings. The maximum atomic E-state index is 12.8. The van der Waals surface area contributed by atoms with E-state index >= 15 is 0 Å². The first-order valence-electron chi connectivity index (χ1n) is 9.99. The summed E-state index contributed by atoms with van der Waals surface area (Å²) in [5.41, 5.74) is 1.04. The van der Waals surface area contributed by atoms with Crippen molar-refractivity contribution in [3.8, 4) is 11.5 Å². The van der Waals surface area contributed by atoms with Gasteiger partial charge in [0.25, 0.3) is 5.89 Å². The summed E-state index contributed by atoms with van der Waals surface area (Å²) in [7, 11) is 3.42. The highest BCUT2D eigenvalue weighted by molar-refractivity contribution is 5.83. The van der Waals surface area contributed by atoms with E-state index in [9.17, 15) is 4.79 Å². The summed E-state index contributed by atoms with van der Waals surface area (Å²) in [6.07, 6.45) is 1.27. The molecule has 7 nitrogen and oxygen atoms in total. The van der Waals surface area contributed by atoms with Crippen LogP contribution in [0.1, 0.15) is 36.5 Å². The van der Waals surface area contributed by atoms with E-state index in [1.807, 2.05) is 68.6 Å². The van der Waals surface area contributed by atoms with Crippen LogP contribution >= 0.6 is 0 Å². The molecule has 1 heterocycles. The first-order valence-corrected chi connectivity index (χ1v) is 9.99. The van der Waals surface area contributed by atoms with Gasteiger partial charge in [0.1, 0.15) is 11.5 Å². The van der Waals surface area contributed by atoms with Crippen LogP contribution < -0.4 is 9.47 Å². The Hall–Kier alpha value is -3.35. The van der Waals surface area contributed by atoms with Crippen molar-refractivity contribution in [3.05, 3.63) is 71.9 Å². The van der Waals surface area contributed by atoms with Crippen LogP contribution in [0.25, 0.3) is 0 Å². The van der Waals surface area contributed by atoms with E-state index in [-0.39, 0.29) is 18.4 Å². The molecule has 0 radical (unpaired) electrons. The van der Waals surface area contributed by atoms with Crippen molar-refractivity contribution in [2.45, 2.75) is 32.3 Å². The van der Waals surface area contributed by atoms with Crippen LogP contribution in [0.3, 0.4) is 0 Å². The maximum Gasteiger partial charge on any atom is 0.264 e. The van der Waals surface area contributed by atoms with Crippen molar-refractivity contribution in [3.63, 3.8) is 0 Å². The molecule has 1 aromatic heterocycles. The molecule has 1 unspecified atom stereocenters. The standard InChI is InChI=1S/C23H27N3O4/c1-4-20(17-8-6-5-7-9-17)23(27)26(2)15-14-21-24-22(30-25-21)16-29-19-12-10-18(28-3)11-13-19/h5-13,20H,4,14-16H2,1-3H3. The topological polar surface area (TPSA) is 77.7 Å². The number of methoxy groups -OCH3 is 1. The molecule has 0 aliphatic heterocycles. The van der Waals surface area contributed by atoms with Gasteiger partial charge in [0.15, 0.2) is 12.4 Å². The predicted molar refractivity (Wildman–Crippen MR) is 112 cm³/mol. The third-order valence-corrected chi connectivity index (χ3v) is 4.89. The highest BCUT2D eigenvalue weighted by Gasteiger charge is 2.22. The lowest BCUT2D eigenvalue weighted by molar-refractivity contribution is -0.131. The van der Waals surface area contributed by atoms with Crippen molar-refractivity contribution in [2.24, 2.45) is 0 Å². The molecule has 2 aromatic carbocycles. The van der Waals surface area contributed by atoms with Crippen molar-refractivity contribution in [2.75, 3.05) is 20.7 Å². The second kappa shape index (κ2) is 10.4. The largest absolute Gasteiger partial charge is 0.497 e. The summed E-state index contributed by atoms with van der Waals surface area (Å²) in [5.74, 6) is 2.34. The SMILES string of the molecule is CCC(C(=O)N(C)CCc1noc(COc2ccc(OC)cc2)n1)c1ccccc1. The van der Waals surface area contributed by atoms with Gasteiger partial charge in [-0.1, -0.05) is 42.4 Å². The van der Waals surface area contributed by atoms with Crippen molar-refractivity contribution >= 4 is 5.91 Å². The number of nitrogens with zero attached hydrogens (tertiary/aromatic N) is 3. The number of carbonyl (C=O) groups excluding carboxylic acids is 1. The Kier molecular flexibility index (Phi) is 7.43. The van der Waals surface area contributed by atoms with Gasteiger partial charge in [-0.2, -0.15) is 4.98 Å². The minimum Gasteiger partial charge on any atom is -0.497 e. The average Bonchev–Trinajstić information content (AvgIpc) is 3.25. The first-order chi connectivity index (χ1) is 14.6. The molecule has 3 rings (SSSR count). The Labute approximate surface area is 176 Å². The third-order valence-electron chi connectivity index (χ3n) is 4.89. The van der Waals surface area contributed by atoms with Gasteiger partial charge in [0.05, 0.1) is 13.0 Å². The van der Waals surface area contributed by atoms with Gasteiger partial charge in [-0.15, -0.1) is 0 Å². The highest BCUT2D eigenvalue weighted by Crippen LogP contribution is 2.21. The highest BCUT2D eigenvalue weighted by atomic mass is 16.5.